The fraction of sp³-hybridized carbons (Fsp3) is 0.667. The second-order valence-corrected chi connectivity index (χ2v) is 5.11. The maximum atomic E-state index is 11.8. The molecule has 1 atom stereocenters. The van der Waals surface area contributed by atoms with Crippen molar-refractivity contribution in [3.63, 3.8) is 0 Å². The van der Waals surface area contributed by atoms with Crippen LogP contribution < -0.4 is 4.72 Å². The summed E-state index contributed by atoms with van der Waals surface area (Å²) in [4.78, 5) is 3.81. The molecule has 1 aromatic rings. The summed E-state index contributed by atoms with van der Waals surface area (Å²) < 4.78 is 27.7. The minimum atomic E-state index is -3.61. The van der Waals surface area contributed by atoms with Crippen LogP contribution in [-0.2, 0) is 16.6 Å². The van der Waals surface area contributed by atoms with E-state index in [0.717, 1.165) is 0 Å². The van der Waals surface area contributed by atoms with Gasteiger partial charge in [-0.15, -0.1) is 0 Å². The summed E-state index contributed by atoms with van der Waals surface area (Å²) in [7, 11) is -3.61. The number of hydrogen-bond acceptors (Lipinski definition) is 4. The lowest BCUT2D eigenvalue weighted by Crippen LogP contribution is -2.37. The number of sulfonamides is 1. The molecule has 7 heteroatoms. The Bertz CT molecular complexity index is 423. The first-order valence-corrected chi connectivity index (χ1v) is 6.66. The quantitative estimate of drug-likeness (QED) is 0.738. The minimum absolute atomic E-state index is 0.0127. The highest BCUT2D eigenvalue weighted by molar-refractivity contribution is 7.89. The summed E-state index contributed by atoms with van der Waals surface area (Å²) >= 11 is 0. The number of aromatic nitrogens is 2. The van der Waals surface area contributed by atoms with Gasteiger partial charge in [-0.2, -0.15) is 0 Å². The molecule has 0 bridgehead atoms. The lowest BCUT2D eigenvalue weighted by Gasteiger charge is -2.12. The summed E-state index contributed by atoms with van der Waals surface area (Å²) in [6.07, 6.45) is 3.46. The van der Waals surface area contributed by atoms with E-state index >= 15 is 0 Å². The highest BCUT2D eigenvalue weighted by atomic mass is 32.2. The van der Waals surface area contributed by atoms with E-state index in [4.69, 9.17) is 5.11 Å². The summed E-state index contributed by atoms with van der Waals surface area (Å²) in [6, 6.07) is -0.461. The molecule has 0 saturated heterocycles. The molecule has 92 valence electrons. The van der Waals surface area contributed by atoms with Gasteiger partial charge >= 0.3 is 0 Å². The molecular formula is C9H17N3O3S. The topological polar surface area (TPSA) is 84.2 Å². The third-order valence-electron chi connectivity index (χ3n) is 2.29. The highest BCUT2D eigenvalue weighted by Gasteiger charge is 2.20. The molecule has 16 heavy (non-hydrogen) atoms. The van der Waals surface area contributed by atoms with Crippen LogP contribution in [0.2, 0.25) is 0 Å². The van der Waals surface area contributed by atoms with E-state index in [2.05, 4.69) is 9.71 Å². The van der Waals surface area contributed by atoms with Crippen molar-refractivity contribution >= 4 is 10.0 Å². The maximum absolute atomic E-state index is 11.8. The van der Waals surface area contributed by atoms with Gasteiger partial charge in [-0.05, 0) is 13.3 Å². The zero-order chi connectivity index (χ0) is 12.2. The Hall–Kier alpha value is -0.920. The van der Waals surface area contributed by atoms with Crippen LogP contribution in [0.3, 0.4) is 0 Å². The zero-order valence-corrected chi connectivity index (χ0v) is 10.2. The molecule has 1 heterocycles. The largest absolute Gasteiger partial charge is 0.395 e. The van der Waals surface area contributed by atoms with Crippen LogP contribution in [0.1, 0.15) is 20.3 Å². The predicted molar refractivity (Wildman–Crippen MR) is 59.4 cm³/mol. The van der Waals surface area contributed by atoms with Gasteiger partial charge in [0.05, 0.1) is 12.9 Å². The van der Waals surface area contributed by atoms with Gasteiger partial charge in [0.1, 0.15) is 0 Å². The van der Waals surface area contributed by atoms with Gasteiger partial charge in [0, 0.05) is 18.8 Å². The SMILES string of the molecule is CC[C@H](CO)NS(=O)(=O)c1cn(CC)cn1. The summed E-state index contributed by atoms with van der Waals surface area (Å²) in [6.45, 7) is 4.14. The smallest absolute Gasteiger partial charge is 0.259 e. The van der Waals surface area contributed by atoms with Crippen molar-refractivity contribution < 1.29 is 13.5 Å². The summed E-state index contributed by atoms with van der Waals surface area (Å²) in [5.41, 5.74) is 0. The Morgan fingerprint density at radius 2 is 2.25 bits per heavy atom. The van der Waals surface area contributed by atoms with Gasteiger partial charge < -0.3 is 9.67 Å². The van der Waals surface area contributed by atoms with E-state index in [-0.39, 0.29) is 11.6 Å². The monoisotopic (exact) mass is 247 g/mol. The number of imidazole rings is 1. The van der Waals surface area contributed by atoms with Crippen molar-refractivity contribution in [1.29, 1.82) is 0 Å². The first-order chi connectivity index (χ1) is 7.53. The van der Waals surface area contributed by atoms with E-state index in [1.807, 2.05) is 6.92 Å². The molecule has 0 amide bonds. The Morgan fingerprint density at radius 3 is 2.69 bits per heavy atom. The molecule has 0 saturated carbocycles. The third-order valence-corrected chi connectivity index (χ3v) is 3.69. The molecule has 0 spiro atoms. The first kappa shape index (κ1) is 13.1. The van der Waals surface area contributed by atoms with Crippen LogP contribution >= 0.6 is 0 Å². The average Bonchev–Trinajstić information content (AvgIpc) is 2.75. The van der Waals surface area contributed by atoms with E-state index in [1.165, 1.54) is 12.5 Å². The minimum Gasteiger partial charge on any atom is -0.395 e. The predicted octanol–water partition coefficient (Wildman–Crippen LogP) is -0.0478. The van der Waals surface area contributed by atoms with Gasteiger partial charge in [-0.25, -0.2) is 18.1 Å². The number of aliphatic hydroxyl groups is 1. The molecule has 0 aliphatic rings. The molecular weight excluding hydrogens is 230 g/mol. The maximum Gasteiger partial charge on any atom is 0.259 e. The van der Waals surface area contributed by atoms with Crippen LogP contribution in [0.5, 0.6) is 0 Å². The molecule has 6 nitrogen and oxygen atoms in total. The Morgan fingerprint density at radius 1 is 1.56 bits per heavy atom. The Kier molecular flexibility index (Phi) is 4.45. The molecule has 0 aromatic carbocycles. The van der Waals surface area contributed by atoms with Gasteiger partial charge in [0.25, 0.3) is 10.0 Å². The summed E-state index contributed by atoms with van der Waals surface area (Å²) in [5.74, 6) is 0. The van der Waals surface area contributed by atoms with Crippen LogP contribution in [0.25, 0.3) is 0 Å². The van der Waals surface area contributed by atoms with Crippen molar-refractivity contribution in [2.75, 3.05) is 6.61 Å². The normalized spacial score (nSPS) is 13.9. The van der Waals surface area contributed by atoms with Crippen molar-refractivity contribution in [2.24, 2.45) is 0 Å². The zero-order valence-electron chi connectivity index (χ0n) is 9.42. The lowest BCUT2D eigenvalue weighted by atomic mass is 10.3. The average molecular weight is 247 g/mol. The van der Waals surface area contributed by atoms with Gasteiger partial charge in [0.2, 0.25) is 0 Å². The fourth-order valence-corrected chi connectivity index (χ4v) is 2.44. The molecule has 2 N–H and O–H groups in total. The number of aryl methyl sites for hydroxylation is 1. The molecule has 1 aromatic heterocycles. The van der Waals surface area contributed by atoms with Crippen molar-refractivity contribution in [3.05, 3.63) is 12.5 Å². The Labute approximate surface area is 95.4 Å². The van der Waals surface area contributed by atoms with Crippen molar-refractivity contribution in [1.82, 2.24) is 14.3 Å². The number of nitrogens with zero attached hydrogens (tertiary/aromatic N) is 2. The highest BCUT2D eigenvalue weighted by Crippen LogP contribution is 2.06. The van der Waals surface area contributed by atoms with Crippen LogP contribution in [0.4, 0.5) is 0 Å². The molecule has 0 aliphatic heterocycles. The van der Waals surface area contributed by atoms with Crippen LogP contribution in [0.15, 0.2) is 17.6 Å². The van der Waals surface area contributed by atoms with E-state index in [0.29, 0.717) is 13.0 Å². The standard InChI is InChI=1S/C9H17N3O3S/c1-3-8(6-13)11-16(14,15)9-5-12(4-2)7-10-9/h5,7-8,11,13H,3-4,6H2,1-2H3/t8-/m1/s1. The second kappa shape index (κ2) is 5.42. The number of aliphatic hydroxyl groups excluding tert-OH is 1. The van der Waals surface area contributed by atoms with Crippen LogP contribution in [0, 0.1) is 0 Å². The molecule has 0 aliphatic carbocycles. The molecule has 0 fully saturated rings. The van der Waals surface area contributed by atoms with E-state index < -0.39 is 16.1 Å². The Balaban J connectivity index is 2.85. The molecule has 0 unspecified atom stereocenters. The first-order valence-electron chi connectivity index (χ1n) is 5.18. The van der Waals surface area contributed by atoms with Crippen molar-refractivity contribution in [2.45, 2.75) is 37.9 Å². The van der Waals surface area contributed by atoms with Crippen LogP contribution in [-0.4, -0.2) is 35.7 Å². The van der Waals surface area contributed by atoms with Gasteiger partial charge in [-0.3, -0.25) is 0 Å². The second-order valence-electron chi connectivity index (χ2n) is 3.45. The summed E-state index contributed by atoms with van der Waals surface area (Å²) in [5, 5.41) is 8.92. The van der Waals surface area contributed by atoms with Gasteiger partial charge in [0.15, 0.2) is 5.03 Å². The molecule has 0 radical (unpaired) electrons. The van der Waals surface area contributed by atoms with E-state index in [1.54, 1.807) is 11.5 Å². The third kappa shape index (κ3) is 3.03. The van der Waals surface area contributed by atoms with E-state index in [9.17, 15) is 8.42 Å². The fourth-order valence-electron chi connectivity index (χ4n) is 1.18. The lowest BCUT2D eigenvalue weighted by molar-refractivity contribution is 0.253. The number of rotatable bonds is 6. The van der Waals surface area contributed by atoms with Crippen molar-refractivity contribution in [3.8, 4) is 0 Å². The van der Waals surface area contributed by atoms with Gasteiger partial charge in [-0.1, -0.05) is 6.92 Å². The number of nitrogens with one attached hydrogen (secondary N) is 1. The number of hydrogen-bond donors (Lipinski definition) is 2. The molecule has 1 rings (SSSR count).